The summed E-state index contributed by atoms with van der Waals surface area (Å²) in [7, 11) is 0. The van der Waals surface area contributed by atoms with Gasteiger partial charge in [-0.3, -0.25) is 0 Å². The molecule has 1 aliphatic heterocycles. The lowest BCUT2D eigenvalue weighted by Gasteiger charge is -2.32. The van der Waals surface area contributed by atoms with Crippen LogP contribution in [0.25, 0.3) is 0 Å². The summed E-state index contributed by atoms with van der Waals surface area (Å²) in [6.45, 7) is 3.79. The molecule has 0 aromatic rings. The second-order valence-electron chi connectivity index (χ2n) is 4.13. The van der Waals surface area contributed by atoms with Crippen LogP contribution in [0.1, 0.15) is 33.1 Å². The summed E-state index contributed by atoms with van der Waals surface area (Å²) in [4.78, 5) is 11.2. The summed E-state index contributed by atoms with van der Waals surface area (Å²) in [6, 6.07) is 0. The predicted octanol–water partition coefficient (Wildman–Crippen LogP) is 1.37. The number of fused-ring (bicyclic) bond motifs is 1. The molecule has 0 aromatic heterocycles. The van der Waals surface area contributed by atoms with Crippen molar-refractivity contribution in [2.24, 2.45) is 5.92 Å². The fraction of sp³-hybridized carbons (Fsp3) is 0.700. The molecule has 2 rings (SSSR count). The highest BCUT2D eigenvalue weighted by Gasteiger charge is 2.47. The summed E-state index contributed by atoms with van der Waals surface area (Å²) < 4.78 is 4.98. The topological polar surface area (TPSA) is 46.5 Å². The van der Waals surface area contributed by atoms with E-state index in [1.54, 1.807) is 6.92 Å². The average molecular weight is 182 g/mol. The Hall–Kier alpha value is -0.830. The molecule has 1 aliphatic carbocycles. The molecule has 13 heavy (non-hydrogen) atoms. The minimum Gasteiger partial charge on any atom is -0.426 e. The van der Waals surface area contributed by atoms with Crippen LogP contribution >= 0.6 is 0 Å². The first-order chi connectivity index (χ1) is 6.03. The Balaban J connectivity index is 2.36. The number of carbonyl (C=O) groups excluding carboxylic acids is 1. The Kier molecular flexibility index (Phi) is 1.74. The van der Waals surface area contributed by atoms with Crippen LogP contribution in [0.2, 0.25) is 0 Å². The zero-order valence-corrected chi connectivity index (χ0v) is 7.96. The normalized spacial score (nSPS) is 39.0. The van der Waals surface area contributed by atoms with Gasteiger partial charge in [0.15, 0.2) is 0 Å². The Labute approximate surface area is 77.4 Å². The van der Waals surface area contributed by atoms with Gasteiger partial charge in [0.25, 0.3) is 0 Å². The van der Waals surface area contributed by atoms with E-state index in [1.165, 1.54) is 0 Å². The van der Waals surface area contributed by atoms with E-state index < -0.39 is 5.79 Å². The van der Waals surface area contributed by atoms with Crippen molar-refractivity contribution in [2.75, 3.05) is 0 Å². The molecule has 2 aliphatic rings. The number of ether oxygens (including phenoxy) is 1. The maximum atomic E-state index is 11.2. The van der Waals surface area contributed by atoms with Crippen molar-refractivity contribution in [1.82, 2.24) is 0 Å². The van der Waals surface area contributed by atoms with Crippen LogP contribution in [0.4, 0.5) is 0 Å². The van der Waals surface area contributed by atoms with Gasteiger partial charge in [-0.05, 0) is 25.7 Å². The molecule has 2 atom stereocenters. The molecule has 3 nitrogen and oxygen atoms in total. The molecular formula is C10H14O3. The summed E-state index contributed by atoms with van der Waals surface area (Å²) in [6.07, 6.45) is 2.37. The quantitative estimate of drug-likeness (QED) is 0.575. The van der Waals surface area contributed by atoms with Gasteiger partial charge in [-0.2, -0.15) is 0 Å². The lowest BCUT2D eigenvalue weighted by molar-refractivity contribution is -0.190. The van der Waals surface area contributed by atoms with E-state index >= 15 is 0 Å². The number of esters is 1. The van der Waals surface area contributed by atoms with Gasteiger partial charge in [0.1, 0.15) is 0 Å². The van der Waals surface area contributed by atoms with Crippen molar-refractivity contribution < 1.29 is 14.6 Å². The molecule has 0 radical (unpaired) electrons. The maximum absolute atomic E-state index is 11.2. The molecule has 0 bridgehead atoms. The van der Waals surface area contributed by atoms with Crippen LogP contribution in [0.3, 0.4) is 0 Å². The minimum atomic E-state index is -1.27. The molecular weight excluding hydrogens is 168 g/mol. The molecule has 1 saturated carbocycles. The smallest absolute Gasteiger partial charge is 0.336 e. The van der Waals surface area contributed by atoms with Crippen LogP contribution in [-0.2, 0) is 9.53 Å². The second kappa shape index (κ2) is 2.58. The van der Waals surface area contributed by atoms with Crippen molar-refractivity contribution in [3.8, 4) is 0 Å². The van der Waals surface area contributed by atoms with Gasteiger partial charge in [0.2, 0.25) is 5.79 Å². The number of hydrogen-bond acceptors (Lipinski definition) is 3. The van der Waals surface area contributed by atoms with Gasteiger partial charge in [-0.1, -0.05) is 6.92 Å². The van der Waals surface area contributed by atoms with Crippen LogP contribution in [-0.4, -0.2) is 16.9 Å². The molecule has 1 fully saturated rings. The highest BCUT2D eigenvalue weighted by Crippen LogP contribution is 2.43. The van der Waals surface area contributed by atoms with Crippen LogP contribution < -0.4 is 0 Å². The van der Waals surface area contributed by atoms with Crippen molar-refractivity contribution in [1.29, 1.82) is 0 Å². The van der Waals surface area contributed by atoms with Gasteiger partial charge in [0, 0.05) is 17.6 Å². The Morgan fingerprint density at radius 3 is 3.00 bits per heavy atom. The molecule has 72 valence electrons. The first-order valence-electron chi connectivity index (χ1n) is 4.69. The first-order valence-corrected chi connectivity index (χ1v) is 4.69. The number of aliphatic hydroxyl groups is 1. The molecule has 1 heterocycles. The monoisotopic (exact) mass is 182 g/mol. The third kappa shape index (κ3) is 1.18. The van der Waals surface area contributed by atoms with Crippen molar-refractivity contribution in [3.05, 3.63) is 11.1 Å². The van der Waals surface area contributed by atoms with Crippen LogP contribution in [0.15, 0.2) is 11.1 Å². The van der Waals surface area contributed by atoms with Crippen molar-refractivity contribution >= 4 is 5.97 Å². The standard InChI is InChI=1S/C10H14O3/c1-6-3-4-8-7(2)9(11)13-10(8,12)5-6/h6,12H,3-5H2,1-2H3/t6-,10?/m1/s1. The Morgan fingerprint density at radius 1 is 1.62 bits per heavy atom. The Morgan fingerprint density at radius 2 is 2.31 bits per heavy atom. The van der Waals surface area contributed by atoms with Crippen molar-refractivity contribution in [2.45, 2.75) is 38.9 Å². The van der Waals surface area contributed by atoms with Gasteiger partial charge < -0.3 is 9.84 Å². The SMILES string of the molecule is CC1=C2CC[C@@H](C)CC2(O)OC1=O. The lowest BCUT2D eigenvalue weighted by atomic mass is 9.81. The van der Waals surface area contributed by atoms with E-state index in [0.717, 1.165) is 18.4 Å². The summed E-state index contributed by atoms with van der Waals surface area (Å²) in [5.74, 6) is -1.20. The van der Waals surface area contributed by atoms with Gasteiger partial charge in [0.05, 0.1) is 0 Å². The number of carbonyl (C=O) groups is 1. The first kappa shape index (κ1) is 8.75. The summed E-state index contributed by atoms with van der Waals surface area (Å²) in [5.41, 5.74) is 1.41. The largest absolute Gasteiger partial charge is 0.426 e. The second-order valence-corrected chi connectivity index (χ2v) is 4.13. The third-order valence-corrected chi connectivity index (χ3v) is 3.00. The number of hydrogen-bond donors (Lipinski definition) is 1. The van der Waals surface area contributed by atoms with Crippen LogP contribution in [0, 0.1) is 5.92 Å². The maximum Gasteiger partial charge on any atom is 0.336 e. The minimum absolute atomic E-state index is 0.355. The molecule has 0 spiro atoms. The molecule has 0 amide bonds. The molecule has 1 N–H and O–H groups in total. The van der Waals surface area contributed by atoms with E-state index in [1.807, 2.05) is 0 Å². The number of rotatable bonds is 0. The van der Waals surface area contributed by atoms with Gasteiger partial charge >= 0.3 is 5.97 Å². The lowest BCUT2D eigenvalue weighted by Crippen LogP contribution is -2.37. The van der Waals surface area contributed by atoms with Gasteiger partial charge in [-0.15, -0.1) is 0 Å². The predicted molar refractivity (Wildman–Crippen MR) is 46.8 cm³/mol. The third-order valence-electron chi connectivity index (χ3n) is 3.00. The van der Waals surface area contributed by atoms with E-state index in [-0.39, 0.29) is 5.97 Å². The zero-order chi connectivity index (χ0) is 9.64. The van der Waals surface area contributed by atoms with E-state index in [2.05, 4.69) is 6.92 Å². The highest BCUT2D eigenvalue weighted by atomic mass is 16.7. The average Bonchev–Trinajstić information content (AvgIpc) is 2.22. The van der Waals surface area contributed by atoms with E-state index in [0.29, 0.717) is 17.9 Å². The fourth-order valence-corrected chi connectivity index (χ4v) is 2.22. The zero-order valence-electron chi connectivity index (χ0n) is 7.96. The summed E-state index contributed by atoms with van der Waals surface area (Å²) >= 11 is 0. The van der Waals surface area contributed by atoms with Crippen LogP contribution in [0.5, 0.6) is 0 Å². The fourth-order valence-electron chi connectivity index (χ4n) is 2.22. The van der Waals surface area contributed by atoms with E-state index in [4.69, 9.17) is 4.74 Å². The van der Waals surface area contributed by atoms with Gasteiger partial charge in [-0.25, -0.2) is 4.79 Å². The molecule has 0 aromatic carbocycles. The summed E-state index contributed by atoms with van der Waals surface area (Å²) in [5, 5.41) is 10.0. The van der Waals surface area contributed by atoms with Crippen molar-refractivity contribution in [3.63, 3.8) is 0 Å². The Bertz CT molecular complexity index is 293. The molecule has 3 heteroatoms. The van der Waals surface area contributed by atoms with E-state index in [9.17, 15) is 9.90 Å². The molecule has 0 saturated heterocycles. The highest BCUT2D eigenvalue weighted by molar-refractivity contribution is 5.92. The molecule has 1 unspecified atom stereocenters.